The molecule has 0 saturated carbocycles. The second-order valence-corrected chi connectivity index (χ2v) is 8.62. The number of hydrogen-bond donors (Lipinski definition) is 1. The van der Waals surface area contributed by atoms with Gasteiger partial charge in [-0.15, -0.1) is 0 Å². The molecule has 0 aromatic heterocycles. The normalized spacial score (nSPS) is 16.2. The highest BCUT2D eigenvalue weighted by Gasteiger charge is 2.25. The summed E-state index contributed by atoms with van der Waals surface area (Å²) in [5.41, 5.74) is 1.00. The molecule has 1 saturated heterocycles. The van der Waals surface area contributed by atoms with Crippen LogP contribution >= 0.6 is 0 Å². The highest BCUT2D eigenvalue weighted by atomic mass is 32.2. The van der Waals surface area contributed by atoms with Gasteiger partial charge in [0.25, 0.3) is 0 Å². The minimum absolute atomic E-state index is 0.412. The number of benzene rings is 1. The topological polar surface area (TPSA) is 49.4 Å². The maximum Gasteiger partial charge on any atom is 0.243 e. The van der Waals surface area contributed by atoms with Crippen LogP contribution in [0.25, 0.3) is 0 Å². The van der Waals surface area contributed by atoms with Crippen molar-refractivity contribution >= 4 is 15.7 Å². The Labute approximate surface area is 147 Å². The zero-order valence-electron chi connectivity index (χ0n) is 15.0. The Hall–Kier alpha value is -1.07. The molecule has 136 valence electrons. The van der Waals surface area contributed by atoms with E-state index in [1.807, 2.05) is 12.1 Å². The van der Waals surface area contributed by atoms with Crippen molar-refractivity contribution in [3.8, 4) is 0 Å². The molecule has 24 heavy (non-hydrogen) atoms. The fourth-order valence-corrected chi connectivity index (χ4v) is 4.65. The third-order valence-electron chi connectivity index (χ3n) is 4.67. The molecule has 0 spiro atoms. The van der Waals surface area contributed by atoms with Gasteiger partial charge >= 0.3 is 0 Å². The third-order valence-corrected chi connectivity index (χ3v) is 6.58. The summed E-state index contributed by atoms with van der Waals surface area (Å²) in [5, 5.41) is 3.39. The zero-order chi connectivity index (χ0) is 17.3. The Balaban J connectivity index is 1.78. The molecule has 0 bridgehead atoms. The summed E-state index contributed by atoms with van der Waals surface area (Å²) in [6, 6.07) is 7.23. The SMILES string of the molecule is CCCCCCCCNc1ccc(S(=O)(=O)N2CCCCC2)cc1. The molecule has 0 unspecified atom stereocenters. The van der Waals surface area contributed by atoms with E-state index in [2.05, 4.69) is 12.2 Å². The number of anilines is 1. The Kier molecular flexibility index (Phi) is 8.06. The Morgan fingerprint density at radius 1 is 0.917 bits per heavy atom. The summed E-state index contributed by atoms with van der Waals surface area (Å²) in [6.07, 6.45) is 10.8. The summed E-state index contributed by atoms with van der Waals surface area (Å²) >= 11 is 0. The number of nitrogens with one attached hydrogen (secondary N) is 1. The van der Waals surface area contributed by atoms with E-state index in [9.17, 15) is 8.42 Å². The molecule has 1 fully saturated rings. The second-order valence-electron chi connectivity index (χ2n) is 6.68. The van der Waals surface area contributed by atoms with Crippen LogP contribution in [0.1, 0.15) is 64.7 Å². The predicted octanol–water partition coefficient (Wildman–Crippen LogP) is 4.63. The molecule has 1 aromatic carbocycles. The lowest BCUT2D eigenvalue weighted by atomic mass is 10.1. The van der Waals surface area contributed by atoms with E-state index >= 15 is 0 Å². The number of rotatable bonds is 10. The Morgan fingerprint density at radius 3 is 2.21 bits per heavy atom. The summed E-state index contributed by atoms with van der Waals surface area (Å²) < 4.78 is 26.8. The van der Waals surface area contributed by atoms with Gasteiger partial charge in [-0.05, 0) is 43.5 Å². The molecule has 4 nitrogen and oxygen atoms in total. The van der Waals surface area contributed by atoms with Gasteiger partial charge in [0.15, 0.2) is 0 Å². The monoisotopic (exact) mass is 352 g/mol. The van der Waals surface area contributed by atoms with Gasteiger partial charge in [-0.3, -0.25) is 0 Å². The highest BCUT2D eigenvalue weighted by Crippen LogP contribution is 2.22. The van der Waals surface area contributed by atoms with Crippen LogP contribution in [0.2, 0.25) is 0 Å². The van der Waals surface area contributed by atoms with Gasteiger partial charge in [-0.1, -0.05) is 45.4 Å². The number of hydrogen-bond acceptors (Lipinski definition) is 3. The molecule has 2 rings (SSSR count). The van der Waals surface area contributed by atoms with Crippen LogP contribution in [-0.4, -0.2) is 32.4 Å². The maximum atomic E-state index is 12.6. The first-order valence-corrected chi connectivity index (χ1v) is 10.9. The lowest BCUT2D eigenvalue weighted by Crippen LogP contribution is -2.35. The lowest BCUT2D eigenvalue weighted by molar-refractivity contribution is 0.346. The molecule has 1 N–H and O–H groups in total. The molecule has 1 aliphatic rings. The molecule has 1 aliphatic heterocycles. The molecular weight excluding hydrogens is 320 g/mol. The highest BCUT2D eigenvalue weighted by molar-refractivity contribution is 7.89. The van der Waals surface area contributed by atoms with Crippen LogP contribution < -0.4 is 5.32 Å². The fraction of sp³-hybridized carbons (Fsp3) is 0.684. The molecule has 0 aliphatic carbocycles. The van der Waals surface area contributed by atoms with Crippen molar-refractivity contribution < 1.29 is 8.42 Å². The third kappa shape index (κ3) is 5.78. The maximum absolute atomic E-state index is 12.6. The van der Waals surface area contributed by atoms with E-state index in [1.54, 1.807) is 16.4 Å². The number of unbranched alkanes of at least 4 members (excludes halogenated alkanes) is 5. The van der Waals surface area contributed by atoms with Gasteiger partial charge in [-0.2, -0.15) is 4.31 Å². The fourth-order valence-electron chi connectivity index (χ4n) is 3.14. The number of sulfonamides is 1. The first-order valence-electron chi connectivity index (χ1n) is 9.48. The van der Waals surface area contributed by atoms with E-state index in [-0.39, 0.29) is 0 Å². The van der Waals surface area contributed by atoms with Crippen molar-refractivity contribution in [1.29, 1.82) is 0 Å². The first kappa shape index (κ1) is 19.3. The zero-order valence-corrected chi connectivity index (χ0v) is 15.8. The number of piperidine rings is 1. The smallest absolute Gasteiger partial charge is 0.243 e. The van der Waals surface area contributed by atoms with Gasteiger partial charge in [0.05, 0.1) is 4.90 Å². The lowest BCUT2D eigenvalue weighted by Gasteiger charge is -2.25. The Morgan fingerprint density at radius 2 is 1.54 bits per heavy atom. The molecule has 1 aromatic rings. The van der Waals surface area contributed by atoms with Crippen molar-refractivity contribution in [3.63, 3.8) is 0 Å². The summed E-state index contributed by atoms with van der Waals surface area (Å²) in [4.78, 5) is 0.412. The summed E-state index contributed by atoms with van der Waals surface area (Å²) in [5.74, 6) is 0. The standard InChI is InChI=1S/C19H32N2O2S/c1-2-3-4-5-6-8-15-20-18-11-13-19(14-12-18)24(22,23)21-16-9-7-10-17-21/h11-14,20H,2-10,15-17H2,1H3. The molecule has 0 atom stereocenters. The molecular formula is C19H32N2O2S. The van der Waals surface area contributed by atoms with Crippen LogP contribution in [-0.2, 0) is 10.0 Å². The van der Waals surface area contributed by atoms with Crippen molar-refractivity contribution in [3.05, 3.63) is 24.3 Å². The number of nitrogens with zero attached hydrogens (tertiary/aromatic N) is 1. The van der Waals surface area contributed by atoms with Gasteiger partial charge in [0.2, 0.25) is 10.0 Å². The van der Waals surface area contributed by atoms with E-state index in [4.69, 9.17) is 0 Å². The average molecular weight is 353 g/mol. The van der Waals surface area contributed by atoms with E-state index in [1.165, 1.54) is 32.1 Å². The molecule has 0 amide bonds. The van der Waals surface area contributed by atoms with E-state index in [0.717, 1.165) is 37.9 Å². The molecule has 5 heteroatoms. The minimum Gasteiger partial charge on any atom is -0.385 e. The van der Waals surface area contributed by atoms with Crippen LogP contribution in [0.3, 0.4) is 0 Å². The van der Waals surface area contributed by atoms with E-state index < -0.39 is 10.0 Å². The molecule has 1 heterocycles. The van der Waals surface area contributed by atoms with Crippen molar-refractivity contribution in [1.82, 2.24) is 4.31 Å². The largest absolute Gasteiger partial charge is 0.385 e. The first-order chi connectivity index (χ1) is 11.6. The predicted molar refractivity (Wildman–Crippen MR) is 101 cm³/mol. The van der Waals surface area contributed by atoms with Gasteiger partial charge in [0.1, 0.15) is 0 Å². The summed E-state index contributed by atoms with van der Waals surface area (Å²) in [7, 11) is -3.31. The van der Waals surface area contributed by atoms with Crippen molar-refractivity contribution in [2.75, 3.05) is 25.0 Å². The molecule has 0 radical (unpaired) electrons. The van der Waals surface area contributed by atoms with Gasteiger partial charge < -0.3 is 5.32 Å². The van der Waals surface area contributed by atoms with Gasteiger partial charge in [0, 0.05) is 25.3 Å². The minimum atomic E-state index is -3.31. The average Bonchev–Trinajstić information content (AvgIpc) is 2.62. The second kappa shape index (κ2) is 10.0. The van der Waals surface area contributed by atoms with Crippen LogP contribution in [0.4, 0.5) is 5.69 Å². The van der Waals surface area contributed by atoms with Crippen LogP contribution in [0.5, 0.6) is 0 Å². The van der Waals surface area contributed by atoms with Crippen molar-refractivity contribution in [2.24, 2.45) is 0 Å². The van der Waals surface area contributed by atoms with Crippen LogP contribution in [0, 0.1) is 0 Å². The van der Waals surface area contributed by atoms with E-state index in [0.29, 0.717) is 18.0 Å². The van der Waals surface area contributed by atoms with Crippen LogP contribution in [0.15, 0.2) is 29.2 Å². The Bertz CT molecular complexity index is 564. The quantitative estimate of drug-likeness (QED) is 0.624. The summed E-state index contributed by atoms with van der Waals surface area (Å²) in [6.45, 7) is 4.49. The van der Waals surface area contributed by atoms with Crippen molar-refractivity contribution in [2.45, 2.75) is 69.6 Å². The van der Waals surface area contributed by atoms with Gasteiger partial charge in [-0.25, -0.2) is 8.42 Å².